The van der Waals surface area contributed by atoms with Crippen LogP contribution < -0.4 is 5.73 Å². The van der Waals surface area contributed by atoms with E-state index < -0.39 is 0 Å². The Bertz CT molecular complexity index is 480. The summed E-state index contributed by atoms with van der Waals surface area (Å²) in [6.45, 7) is 0.773. The van der Waals surface area contributed by atoms with Crippen molar-refractivity contribution in [1.82, 2.24) is 9.97 Å². The first-order valence-electron chi connectivity index (χ1n) is 5.59. The second kappa shape index (κ2) is 6.75. The number of imidazole rings is 1. The van der Waals surface area contributed by atoms with E-state index in [-0.39, 0.29) is 24.2 Å². The predicted molar refractivity (Wildman–Crippen MR) is 72.7 cm³/mol. The fourth-order valence-corrected chi connectivity index (χ4v) is 2.36. The lowest BCUT2D eigenvalue weighted by Crippen LogP contribution is -2.29. The molecule has 1 aromatic rings. The predicted octanol–water partition coefficient (Wildman–Crippen LogP) is 2.37. The molecule has 0 saturated carbocycles. The Morgan fingerprint density at radius 1 is 1.21 bits per heavy atom. The quantitative estimate of drug-likeness (QED) is 0.495. The van der Waals surface area contributed by atoms with Gasteiger partial charge < -0.3 is 10.7 Å². The van der Waals surface area contributed by atoms with E-state index in [0.29, 0.717) is 31.9 Å². The van der Waals surface area contributed by atoms with E-state index in [4.69, 9.17) is 16.8 Å². The van der Waals surface area contributed by atoms with Crippen molar-refractivity contribution in [1.29, 1.82) is 0 Å². The van der Waals surface area contributed by atoms with Crippen LogP contribution in [0.15, 0.2) is 10.2 Å². The number of rotatable bonds is 4. The van der Waals surface area contributed by atoms with Crippen molar-refractivity contribution in [3.05, 3.63) is 32.3 Å². The molecule has 0 unspecified atom stereocenters. The number of aromatic nitrogens is 2. The number of H-pyrrole nitrogens is 1. The Labute approximate surface area is 115 Å². The van der Waals surface area contributed by atoms with E-state index in [9.17, 15) is 0 Å². The van der Waals surface area contributed by atoms with Gasteiger partial charge in [-0.05, 0) is 35.7 Å². The number of nitrogens with two attached hydrogens (primary N) is 1. The minimum Gasteiger partial charge on any atom is -0.369 e. The maximum absolute atomic E-state index is 8.39. The first-order chi connectivity index (χ1) is 8.74. The van der Waals surface area contributed by atoms with Crippen LogP contribution in [0.1, 0.15) is 11.4 Å². The lowest BCUT2D eigenvalue weighted by atomic mass is 9.80. The summed E-state index contributed by atoms with van der Waals surface area (Å²) in [5, 5.41) is 7.22. The number of halogens is 1. The number of nitrogens with one attached hydrogen (secondary N) is 1. The number of azide groups is 2. The molecule has 1 heterocycles. The van der Waals surface area contributed by atoms with Crippen molar-refractivity contribution in [3.8, 4) is 0 Å². The second-order valence-corrected chi connectivity index (χ2v) is 4.30. The summed E-state index contributed by atoms with van der Waals surface area (Å²) in [5.74, 6) is 0.687. The van der Waals surface area contributed by atoms with Crippen LogP contribution in [-0.2, 0) is 12.8 Å². The largest absolute Gasteiger partial charge is 0.369 e. The van der Waals surface area contributed by atoms with Crippen LogP contribution in [0, 0.1) is 11.8 Å². The molecule has 1 aliphatic rings. The van der Waals surface area contributed by atoms with E-state index in [1.165, 1.54) is 0 Å². The molecule has 0 radical (unpaired) electrons. The number of hydrogen-bond acceptors (Lipinski definition) is 4. The zero-order valence-corrected chi connectivity index (χ0v) is 10.9. The summed E-state index contributed by atoms with van der Waals surface area (Å²) in [6, 6.07) is 0. The average Bonchev–Trinajstić information content (AvgIpc) is 2.72. The van der Waals surface area contributed by atoms with Crippen LogP contribution in [0.25, 0.3) is 20.9 Å². The lowest BCUT2D eigenvalue weighted by molar-refractivity contribution is 0.317. The number of aromatic amines is 1. The van der Waals surface area contributed by atoms with Crippen molar-refractivity contribution in [2.24, 2.45) is 22.1 Å². The molecular weight excluding hydrogens is 270 g/mol. The summed E-state index contributed by atoms with van der Waals surface area (Å²) in [5.41, 5.74) is 24.3. The van der Waals surface area contributed by atoms with Gasteiger partial charge in [0.1, 0.15) is 0 Å². The summed E-state index contributed by atoms with van der Waals surface area (Å²) in [6.07, 6.45) is 1.40. The zero-order chi connectivity index (χ0) is 13.0. The SMILES string of the molecule is Cl.[N-]=[N+]=NC[C@@H]1Cc2nc(N)[nH]c2C[C@H]1CN=[N+]=[N-]. The van der Waals surface area contributed by atoms with Crippen LogP contribution in [0.3, 0.4) is 0 Å². The van der Waals surface area contributed by atoms with E-state index in [1.54, 1.807) is 0 Å². The molecule has 1 aromatic heterocycles. The molecule has 0 aromatic carbocycles. The molecule has 3 N–H and O–H groups in total. The average molecular weight is 284 g/mol. The summed E-state index contributed by atoms with van der Waals surface area (Å²) >= 11 is 0. The highest BCUT2D eigenvalue weighted by molar-refractivity contribution is 5.85. The first kappa shape index (κ1) is 15.0. The molecule has 0 fully saturated rings. The van der Waals surface area contributed by atoms with Crippen molar-refractivity contribution in [2.75, 3.05) is 18.8 Å². The zero-order valence-electron chi connectivity index (χ0n) is 10.1. The maximum atomic E-state index is 8.39. The van der Waals surface area contributed by atoms with Gasteiger partial charge in [0, 0.05) is 28.6 Å². The van der Waals surface area contributed by atoms with Gasteiger partial charge in [-0.2, -0.15) is 0 Å². The van der Waals surface area contributed by atoms with Gasteiger partial charge in [-0.3, -0.25) is 0 Å². The minimum absolute atomic E-state index is 0. The van der Waals surface area contributed by atoms with Gasteiger partial charge >= 0.3 is 0 Å². The van der Waals surface area contributed by atoms with Gasteiger partial charge in [0.05, 0.1) is 5.69 Å². The number of nitrogen functional groups attached to an aromatic ring is 1. The molecule has 2 rings (SSSR count). The third-order valence-corrected chi connectivity index (χ3v) is 3.23. The van der Waals surface area contributed by atoms with Crippen molar-refractivity contribution in [2.45, 2.75) is 12.8 Å². The van der Waals surface area contributed by atoms with E-state index in [2.05, 4.69) is 30.0 Å². The fraction of sp³-hybridized carbons (Fsp3) is 0.667. The Morgan fingerprint density at radius 2 is 1.79 bits per heavy atom. The molecule has 0 spiro atoms. The number of nitrogens with zero attached hydrogens (tertiary/aromatic N) is 7. The van der Waals surface area contributed by atoms with Crippen LogP contribution in [0.4, 0.5) is 5.95 Å². The standard InChI is InChI=1S/C9H13N9.ClH/c10-9-15-7-1-5(3-13-17-11)6(4-14-18-12)2-8(7)16-9;/h5-6H,1-4H2,(H3,10,15,16);1H/t5-,6-;/m0./s1. The molecule has 0 aliphatic heterocycles. The molecule has 0 saturated heterocycles. The Kier molecular flexibility index (Phi) is 5.32. The highest BCUT2D eigenvalue weighted by Crippen LogP contribution is 2.30. The van der Waals surface area contributed by atoms with Crippen LogP contribution in [0.5, 0.6) is 0 Å². The van der Waals surface area contributed by atoms with Gasteiger partial charge in [-0.15, -0.1) is 12.4 Å². The summed E-state index contributed by atoms with van der Waals surface area (Å²) in [4.78, 5) is 12.8. The highest BCUT2D eigenvalue weighted by Gasteiger charge is 2.29. The summed E-state index contributed by atoms with van der Waals surface area (Å²) < 4.78 is 0. The van der Waals surface area contributed by atoms with Crippen molar-refractivity contribution in [3.63, 3.8) is 0 Å². The molecule has 0 bridgehead atoms. The molecular formula is C9H14ClN9. The lowest BCUT2D eigenvalue weighted by Gasteiger charge is -2.28. The van der Waals surface area contributed by atoms with Crippen LogP contribution in [-0.4, -0.2) is 23.1 Å². The molecule has 102 valence electrons. The van der Waals surface area contributed by atoms with Crippen molar-refractivity contribution >= 4 is 18.4 Å². The van der Waals surface area contributed by atoms with Gasteiger partial charge in [0.25, 0.3) is 0 Å². The third kappa shape index (κ3) is 3.45. The van der Waals surface area contributed by atoms with E-state index in [1.807, 2.05) is 0 Å². The Balaban J connectivity index is 0.00000180. The molecule has 1 aliphatic carbocycles. The van der Waals surface area contributed by atoms with E-state index in [0.717, 1.165) is 11.4 Å². The topological polar surface area (TPSA) is 152 Å². The van der Waals surface area contributed by atoms with Crippen LogP contribution in [0.2, 0.25) is 0 Å². The highest BCUT2D eigenvalue weighted by atomic mass is 35.5. The van der Waals surface area contributed by atoms with Gasteiger partial charge in [-0.25, -0.2) is 4.98 Å². The Hall–Kier alpha value is -2.08. The van der Waals surface area contributed by atoms with Crippen LogP contribution >= 0.6 is 12.4 Å². The first-order valence-corrected chi connectivity index (χ1v) is 5.59. The molecule has 10 heteroatoms. The third-order valence-electron chi connectivity index (χ3n) is 3.23. The van der Waals surface area contributed by atoms with E-state index >= 15 is 0 Å². The molecule has 2 atom stereocenters. The number of fused-ring (bicyclic) bond motifs is 1. The Morgan fingerprint density at radius 3 is 2.37 bits per heavy atom. The van der Waals surface area contributed by atoms with Gasteiger partial charge in [-0.1, -0.05) is 10.2 Å². The number of anilines is 1. The van der Waals surface area contributed by atoms with Gasteiger partial charge in [0.2, 0.25) is 0 Å². The smallest absolute Gasteiger partial charge is 0.197 e. The minimum atomic E-state index is 0. The fourth-order valence-electron chi connectivity index (χ4n) is 2.36. The summed E-state index contributed by atoms with van der Waals surface area (Å²) in [7, 11) is 0. The number of hydrogen-bond donors (Lipinski definition) is 2. The second-order valence-electron chi connectivity index (χ2n) is 4.30. The molecule has 19 heavy (non-hydrogen) atoms. The molecule has 0 amide bonds. The van der Waals surface area contributed by atoms with Gasteiger partial charge in [0.15, 0.2) is 5.95 Å². The normalized spacial score (nSPS) is 20.4. The molecule has 9 nitrogen and oxygen atoms in total. The van der Waals surface area contributed by atoms with Crippen molar-refractivity contribution < 1.29 is 0 Å². The monoisotopic (exact) mass is 283 g/mol. The maximum Gasteiger partial charge on any atom is 0.197 e.